The Kier molecular flexibility index (Phi) is 6.31. The Labute approximate surface area is 143 Å². The Morgan fingerprint density at radius 1 is 1.48 bits per heavy atom. The van der Waals surface area contributed by atoms with Gasteiger partial charge in [0.1, 0.15) is 5.75 Å². The molecule has 2 atom stereocenters. The minimum atomic E-state index is -0.764. The van der Waals surface area contributed by atoms with E-state index in [4.69, 9.17) is 22.1 Å². The molecule has 0 bridgehead atoms. The van der Waals surface area contributed by atoms with Gasteiger partial charge in [0.15, 0.2) is 0 Å². The molecule has 1 saturated heterocycles. The smallest absolute Gasteiger partial charge is 0.242 e. The van der Waals surface area contributed by atoms with Crippen LogP contribution in [0.4, 0.5) is 0 Å². The molecule has 1 fully saturated rings. The summed E-state index contributed by atoms with van der Waals surface area (Å²) in [6.45, 7) is 5.96. The molecular weight excluding hydrogens is 312 g/mol. The molecule has 128 valence electrons. The zero-order valence-electron chi connectivity index (χ0n) is 14.1. The molecule has 1 aliphatic rings. The van der Waals surface area contributed by atoms with Crippen LogP contribution in [0.1, 0.15) is 39.5 Å². The lowest BCUT2D eigenvalue weighted by atomic mass is 9.92. The fraction of sp³-hybridized carbons (Fsp3) is 0.611. The number of nitrogens with zero attached hydrogens (tertiary/aromatic N) is 1. The highest BCUT2D eigenvalue weighted by atomic mass is 35.5. The average molecular weight is 339 g/mol. The zero-order chi connectivity index (χ0) is 16.9. The maximum atomic E-state index is 12.6. The molecule has 0 saturated carbocycles. The summed E-state index contributed by atoms with van der Waals surface area (Å²) in [4.78, 5) is 14.5. The van der Waals surface area contributed by atoms with Crippen molar-refractivity contribution >= 4 is 17.5 Å². The number of likely N-dealkylation sites (tertiary alicyclic amines) is 1. The molecule has 2 unspecified atom stereocenters. The summed E-state index contributed by atoms with van der Waals surface area (Å²) in [6.07, 6.45) is 3.67. The number of piperidine rings is 1. The van der Waals surface area contributed by atoms with E-state index < -0.39 is 5.54 Å². The van der Waals surface area contributed by atoms with Crippen LogP contribution in [0.5, 0.6) is 5.75 Å². The highest BCUT2D eigenvalue weighted by Gasteiger charge is 2.34. The summed E-state index contributed by atoms with van der Waals surface area (Å²) in [5.41, 5.74) is 5.43. The van der Waals surface area contributed by atoms with Crippen molar-refractivity contribution in [1.29, 1.82) is 0 Å². The number of hydrogen-bond donors (Lipinski definition) is 1. The minimum absolute atomic E-state index is 0.0572. The first-order chi connectivity index (χ1) is 10.9. The van der Waals surface area contributed by atoms with Gasteiger partial charge in [0.05, 0.1) is 17.2 Å². The van der Waals surface area contributed by atoms with Crippen LogP contribution in [0.3, 0.4) is 0 Å². The van der Waals surface area contributed by atoms with E-state index in [1.165, 1.54) is 0 Å². The number of hydrogen-bond acceptors (Lipinski definition) is 3. The molecule has 5 heteroatoms. The SMILES string of the molecule is CCCC(C)(N)C(=O)N1CCCC(COc2ccccc2Cl)C1. The van der Waals surface area contributed by atoms with Crippen molar-refractivity contribution in [3.8, 4) is 5.75 Å². The van der Waals surface area contributed by atoms with Crippen LogP contribution in [0.25, 0.3) is 0 Å². The average Bonchev–Trinajstić information content (AvgIpc) is 2.53. The molecule has 1 aliphatic heterocycles. The van der Waals surface area contributed by atoms with Gasteiger partial charge in [0, 0.05) is 19.0 Å². The molecule has 1 heterocycles. The van der Waals surface area contributed by atoms with Crippen LogP contribution < -0.4 is 10.5 Å². The molecule has 4 nitrogen and oxygen atoms in total. The van der Waals surface area contributed by atoms with E-state index in [2.05, 4.69) is 6.92 Å². The van der Waals surface area contributed by atoms with Gasteiger partial charge in [0.2, 0.25) is 5.91 Å². The van der Waals surface area contributed by atoms with Crippen LogP contribution in [0, 0.1) is 5.92 Å². The largest absolute Gasteiger partial charge is 0.492 e. The van der Waals surface area contributed by atoms with Gasteiger partial charge in [-0.15, -0.1) is 0 Å². The normalized spacial score (nSPS) is 20.9. The maximum Gasteiger partial charge on any atom is 0.242 e. The topological polar surface area (TPSA) is 55.6 Å². The second-order valence-corrected chi connectivity index (χ2v) is 7.08. The van der Waals surface area contributed by atoms with Crippen molar-refractivity contribution in [3.05, 3.63) is 29.3 Å². The number of halogens is 1. The second kappa shape index (κ2) is 8.02. The quantitative estimate of drug-likeness (QED) is 0.864. The van der Waals surface area contributed by atoms with Crippen LogP contribution in [-0.2, 0) is 4.79 Å². The van der Waals surface area contributed by atoms with Crippen molar-refractivity contribution in [2.75, 3.05) is 19.7 Å². The summed E-state index contributed by atoms with van der Waals surface area (Å²) in [6, 6.07) is 7.47. The van der Waals surface area contributed by atoms with E-state index in [1.54, 1.807) is 0 Å². The van der Waals surface area contributed by atoms with Crippen molar-refractivity contribution in [1.82, 2.24) is 4.90 Å². The predicted molar refractivity (Wildman–Crippen MR) is 93.8 cm³/mol. The van der Waals surface area contributed by atoms with Crippen molar-refractivity contribution in [2.45, 2.75) is 45.1 Å². The predicted octanol–water partition coefficient (Wildman–Crippen LogP) is 3.47. The molecule has 1 aromatic rings. The molecule has 0 aromatic heterocycles. The van der Waals surface area contributed by atoms with Crippen LogP contribution >= 0.6 is 11.6 Å². The number of para-hydroxylation sites is 1. The molecule has 1 amide bonds. The van der Waals surface area contributed by atoms with Crippen molar-refractivity contribution in [2.24, 2.45) is 11.7 Å². The minimum Gasteiger partial charge on any atom is -0.492 e. The first-order valence-corrected chi connectivity index (χ1v) is 8.77. The third kappa shape index (κ3) is 4.85. The highest BCUT2D eigenvalue weighted by Crippen LogP contribution is 2.26. The lowest BCUT2D eigenvalue weighted by Gasteiger charge is -2.37. The number of nitrogens with two attached hydrogens (primary N) is 1. The molecule has 1 aromatic carbocycles. The lowest BCUT2D eigenvalue weighted by Crippen LogP contribution is -2.55. The number of carbonyl (C=O) groups excluding carboxylic acids is 1. The van der Waals surface area contributed by atoms with E-state index >= 15 is 0 Å². The van der Waals surface area contributed by atoms with E-state index in [1.807, 2.05) is 36.1 Å². The van der Waals surface area contributed by atoms with Crippen molar-refractivity contribution < 1.29 is 9.53 Å². The summed E-state index contributed by atoms with van der Waals surface area (Å²) in [5, 5.41) is 0.619. The molecular formula is C18H27ClN2O2. The number of benzene rings is 1. The van der Waals surface area contributed by atoms with Gasteiger partial charge in [0.25, 0.3) is 0 Å². The molecule has 23 heavy (non-hydrogen) atoms. The van der Waals surface area contributed by atoms with Gasteiger partial charge >= 0.3 is 0 Å². The van der Waals surface area contributed by atoms with E-state index in [9.17, 15) is 4.79 Å². The number of ether oxygens (including phenoxy) is 1. The zero-order valence-corrected chi connectivity index (χ0v) is 14.8. The van der Waals surface area contributed by atoms with E-state index in [0.717, 1.165) is 25.8 Å². The third-order valence-corrected chi connectivity index (χ3v) is 4.69. The fourth-order valence-electron chi connectivity index (χ4n) is 3.14. The van der Waals surface area contributed by atoms with E-state index in [-0.39, 0.29) is 5.91 Å². The summed E-state index contributed by atoms with van der Waals surface area (Å²) < 4.78 is 5.84. The van der Waals surface area contributed by atoms with Crippen molar-refractivity contribution in [3.63, 3.8) is 0 Å². The summed E-state index contributed by atoms with van der Waals surface area (Å²) >= 11 is 6.11. The molecule has 0 spiro atoms. The summed E-state index contributed by atoms with van der Waals surface area (Å²) in [7, 11) is 0. The number of amides is 1. The number of rotatable bonds is 6. The van der Waals surface area contributed by atoms with Crippen LogP contribution in [0.15, 0.2) is 24.3 Å². The van der Waals surface area contributed by atoms with E-state index in [0.29, 0.717) is 36.3 Å². The Balaban J connectivity index is 1.91. The standard InChI is InChI=1S/C18H27ClN2O2/c1-3-10-18(2,20)17(22)21-11-6-7-14(12-21)13-23-16-9-5-4-8-15(16)19/h4-5,8-9,14H,3,6-7,10-13,20H2,1-2H3. The van der Waals surface area contributed by atoms with Gasteiger partial charge in [-0.1, -0.05) is 37.1 Å². The maximum absolute atomic E-state index is 12.6. The van der Waals surface area contributed by atoms with Gasteiger partial charge < -0.3 is 15.4 Å². The second-order valence-electron chi connectivity index (χ2n) is 6.67. The Morgan fingerprint density at radius 3 is 2.91 bits per heavy atom. The van der Waals surface area contributed by atoms with Gasteiger partial charge in [-0.25, -0.2) is 0 Å². The Morgan fingerprint density at radius 2 is 2.22 bits per heavy atom. The Bertz CT molecular complexity index is 534. The molecule has 2 rings (SSSR count). The van der Waals surface area contributed by atoms with Gasteiger partial charge in [-0.3, -0.25) is 4.79 Å². The third-order valence-electron chi connectivity index (χ3n) is 4.38. The first-order valence-electron chi connectivity index (χ1n) is 8.39. The number of carbonyl (C=O) groups is 1. The first kappa shape index (κ1) is 18.1. The van der Waals surface area contributed by atoms with Gasteiger partial charge in [-0.2, -0.15) is 0 Å². The Hall–Kier alpha value is -1.26. The summed E-state index contributed by atoms with van der Waals surface area (Å²) in [5.74, 6) is 1.08. The lowest BCUT2D eigenvalue weighted by molar-refractivity contribution is -0.138. The van der Waals surface area contributed by atoms with Gasteiger partial charge in [-0.05, 0) is 38.3 Å². The monoisotopic (exact) mass is 338 g/mol. The fourth-order valence-corrected chi connectivity index (χ4v) is 3.33. The van der Waals surface area contributed by atoms with Crippen LogP contribution in [0.2, 0.25) is 5.02 Å². The molecule has 0 radical (unpaired) electrons. The highest BCUT2D eigenvalue weighted by molar-refractivity contribution is 6.32. The molecule has 0 aliphatic carbocycles. The molecule has 2 N–H and O–H groups in total. The van der Waals surface area contributed by atoms with Crippen LogP contribution in [-0.4, -0.2) is 36.0 Å².